The fourth-order valence-corrected chi connectivity index (χ4v) is 2.41. The molecule has 100 valence electrons. The van der Waals surface area contributed by atoms with Crippen LogP contribution >= 0.6 is 0 Å². The number of hydrogen-bond acceptors (Lipinski definition) is 5. The van der Waals surface area contributed by atoms with E-state index in [1.807, 2.05) is 0 Å². The van der Waals surface area contributed by atoms with E-state index in [0.717, 1.165) is 5.56 Å². The Morgan fingerprint density at radius 2 is 1.74 bits per heavy atom. The van der Waals surface area contributed by atoms with E-state index in [4.69, 9.17) is 0 Å². The second-order valence-electron chi connectivity index (χ2n) is 4.36. The van der Waals surface area contributed by atoms with Crippen LogP contribution in [0.5, 0.6) is 0 Å². The van der Waals surface area contributed by atoms with Crippen LogP contribution in [0.2, 0.25) is 0 Å². The van der Waals surface area contributed by atoms with Gasteiger partial charge in [0.25, 0.3) is 0 Å². The third-order valence-corrected chi connectivity index (χ3v) is 3.37. The maximum atomic E-state index is 12.3. The van der Waals surface area contributed by atoms with Crippen LogP contribution in [0, 0.1) is 11.8 Å². The molecule has 19 heavy (non-hydrogen) atoms. The maximum Gasteiger partial charge on any atom is 0.317 e. The largest absolute Gasteiger partial charge is 0.469 e. The van der Waals surface area contributed by atoms with Gasteiger partial charge in [-0.05, 0) is 12.0 Å². The van der Waals surface area contributed by atoms with E-state index < -0.39 is 23.8 Å². The minimum atomic E-state index is -1.12. The Kier molecular flexibility index (Phi) is 3.64. The Balaban J connectivity index is 2.47. The van der Waals surface area contributed by atoms with Gasteiger partial charge >= 0.3 is 11.9 Å². The van der Waals surface area contributed by atoms with Crippen molar-refractivity contribution in [2.45, 2.75) is 6.42 Å². The van der Waals surface area contributed by atoms with Crippen LogP contribution in [0.3, 0.4) is 0 Å². The van der Waals surface area contributed by atoms with E-state index in [9.17, 15) is 14.4 Å². The van der Waals surface area contributed by atoms with Crippen molar-refractivity contribution in [2.75, 3.05) is 14.2 Å². The molecule has 1 aromatic carbocycles. The van der Waals surface area contributed by atoms with Crippen LogP contribution in [-0.4, -0.2) is 31.9 Å². The molecule has 0 N–H and O–H groups in total. The van der Waals surface area contributed by atoms with Crippen molar-refractivity contribution in [3.8, 4) is 0 Å². The Morgan fingerprint density at radius 3 is 2.37 bits per heavy atom. The lowest BCUT2D eigenvalue weighted by Crippen LogP contribution is -2.42. The fourth-order valence-electron chi connectivity index (χ4n) is 2.41. The van der Waals surface area contributed by atoms with E-state index in [2.05, 4.69) is 9.47 Å². The van der Waals surface area contributed by atoms with Crippen molar-refractivity contribution in [2.24, 2.45) is 11.8 Å². The summed E-state index contributed by atoms with van der Waals surface area (Å²) in [5.41, 5.74) is 1.22. The average Bonchev–Trinajstić information content (AvgIpc) is 2.45. The van der Waals surface area contributed by atoms with Gasteiger partial charge in [0.2, 0.25) is 0 Å². The number of ketones is 1. The molecule has 0 saturated heterocycles. The second-order valence-corrected chi connectivity index (χ2v) is 4.36. The van der Waals surface area contributed by atoms with Gasteiger partial charge in [-0.1, -0.05) is 24.3 Å². The molecule has 0 heterocycles. The Bertz CT molecular complexity index is 534. The highest BCUT2D eigenvalue weighted by Crippen LogP contribution is 2.31. The average molecular weight is 262 g/mol. The summed E-state index contributed by atoms with van der Waals surface area (Å²) in [7, 11) is 2.44. The zero-order valence-corrected chi connectivity index (χ0v) is 10.7. The number of methoxy groups -OCH3 is 2. The predicted octanol–water partition coefficient (Wildman–Crippen LogP) is 1.00. The van der Waals surface area contributed by atoms with Gasteiger partial charge in [-0.2, -0.15) is 0 Å². The molecule has 0 spiro atoms. The summed E-state index contributed by atoms with van der Waals surface area (Å²) < 4.78 is 9.31. The summed E-state index contributed by atoms with van der Waals surface area (Å²) in [5.74, 6) is -3.59. The number of benzene rings is 1. The first kappa shape index (κ1) is 13.3. The Labute approximate surface area is 110 Å². The quantitative estimate of drug-likeness (QED) is 0.587. The molecule has 0 bridgehead atoms. The third-order valence-electron chi connectivity index (χ3n) is 3.37. The molecule has 5 nitrogen and oxygen atoms in total. The molecule has 2 atom stereocenters. The van der Waals surface area contributed by atoms with Crippen molar-refractivity contribution in [3.63, 3.8) is 0 Å². The third kappa shape index (κ3) is 2.23. The molecular weight excluding hydrogens is 248 g/mol. The van der Waals surface area contributed by atoms with E-state index in [-0.39, 0.29) is 5.78 Å². The number of ether oxygens (including phenoxy) is 2. The first-order valence-electron chi connectivity index (χ1n) is 5.88. The molecule has 1 aliphatic carbocycles. The highest BCUT2D eigenvalue weighted by molar-refractivity contribution is 6.12. The maximum absolute atomic E-state index is 12.3. The van der Waals surface area contributed by atoms with Crippen LogP contribution in [0.25, 0.3) is 0 Å². The molecule has 1 aromatic rings. The van der Waals surface area contributed by atoms with Crippen molar-refractivity contribution < 1.29 is 23.9 Å². The predicted molar refractivity (Wildman–Crippen MR) is 65.5 cm³/mol. The number of carbonyl (C=O) groups is 3. The summed E-state index contributed by atoms with van der Waals surface area (Å²) in [6, 6.07) is 6.94. The molecule has 0 amide bonds. The van der Waals surface area contributed by atoms with Crippen LogP contribution in [0.4, 0.5) is 0 Å². The van der Waals surface area contributed by atoms with Crippen LogP contribution in [0.1, 0.15) is 15.9 Å². The van der Waals surface area contributed by atoms with E-state index in [1.54, 1.807) is 24.3 Å². The summed E-state index contributed by atoms with van der Waals surface area (Å²) in [4.78, 5) is 35.9. The number of carbonyl (C=O) groups excluding carboxylic acids is 3. The van der Waals surface area contributed by atoms with Crippen molar-refractivity contribution >= 4 is 17.7 Å². The number of hydrogen-bond donors (Lipinski definition) is 0. The molecule has 0 saturated carbocycles. The van der Waals surface area contributed by atoms with Gasteiger partial charge in [-0.25, -0.2) is 0 Å². The monoisotopic (exact) mass is 262 g/mol. The number of Topliss-reactive ketones (excluding diaryl/α,β-unsaturated/α-hetero) is 1. The van der Waals surface area contributed by atoms with E-state index in [0.29, 0.717) is 12.0 Å². The molecule has 0 fully saturated rings. The van der Waals surface area contributed by atoms with Gasteiger partial charge < -0.3 is 9.47 Å². The van der Waals surface area contributed by atoms with Crippen molar-refractivity contribution in [3.05, 3.63) is 35.4 Å². The molecule has 5 heteroatoms. The molecular formula is C14H14O5. The summed E-state index contributed by atoms with van der Waals surface area (Å²) in [5, 5.41) is 0. The first-order valence-corrected chi connectivity index (χ1v) is 5.88. The molecule has 2 rings (SSSR count). The molecule has 0 radical (unpaired) electrons. The van der Waals surface area contributed by atoms with Gasteiger partial charge in [0, 0.05) is 5.56 Å². The van der Waals surface area contributed by atoms with Crippen LogP contribution in [-0.2, 0) is 25.5 Å². The minimum absolute atomic E-state index is 0.300. The van der Waals surface area contributed by atoms with Gasteiger partial charge in [0.05, 0.1) is 20.1 Å². The topological polar surface area (TPSA) is 69.7 Å². The molecule has 1 aliphatic rings. The highest BCUT2D eigenvalue weighted by Gasteiger charge is 2.45. The lowest BCUT2D eigenvalue weighted by atomic mass is 9.75. The standard InChI is InChI=1S/C14H14O5/c1-18-13(16)10-7-8-5-3-4-6-9(8)12(15)11(10)14(17)19-2/h3-6,10-11H,7H2,1-2H3/t10-,11+/m0/s1. The van der Waals surface area contributed by atoms with E-state index >= 15 is 0 Å². The molecule has 0 aromatic heterocycles. The lowest BCUT2D eigenvalue weighted by Gasteiger charge is -2.28. The first-order chi connectivity index (χ1) is 9.10. The SMILES string of the molecule is COC(=O)[C@H]1C(=O)c2ccccc2C[C@@H]1C(=O)OC. The highest BCUT2D eigenvalue weighted by atomic mass is 16.5. The number of esters is 2. The summed E-state index contributed by atoms with van der Waals surface area (Å²) in [6.45, 7) is 0. The molecule has 0 unspecified atom stereocenters. The zero-order chi connectivity index (χ0) is 14.0. The second kappa shape index (κ2) is 5.22. The number of fused-ring (bicyclic) bond motifs is 1. The smallest absolute Gasteiger partial charge is 0.317 e. The van der Waals surface area contributed by atoms with E-state index in [1.165, 1.54) is 14.2 Å². The Hall–Kier alpha value is -2.17. The van der Waals surface area contributed by atoms with Gasteiger partial charge in [0.1, 0.15) is 5.92 Å². The normalized spacial score (nSPS) is 21.5. The molecule has 0 aliphatic heterocycles. The van der Waals surface area contributed by atoms with Gasteiger partial charge in [-0.15, -0.1) is 0 Å². The minimum Gasteiger partial charge on any atom is -0.469 e. The lowest BCUT2D eigenvalue weighted by molar-refractivity contribution is -0.155. The van der Waals surface area contributed by atoms with Crippen molar-refractivity contribution in [1.82, 2.24) is 0 Å². The van der Waals surface area contributed by atoms with Gasteiger partial charge in [-0.3, -0.25) is 14.4 Å². The zero-order valence-electron chi connectivity index (χ0n) is 10.7. The summed E-state index contributed by atoms with van der Waals surface area (Å²) in [6.07, 6.45) is 0.300. The van der Waals surface area contributed by atoms with Crippen LogP contribution in [0.15, 0.2) is 24.3 Å². The fraction of sp³-hybridized carbons (Fsp3) is 0.357. The Morgan fingerprint density at radius 1 is 1.11 bits per heavy atom. The van der Waals surface area contributed by atoms with Crippen LogP contribution < -0.4 is 0 Å². The van der Waals surface area contributed by atoms with Gasteiger partial charge in [0.15, 0.2) is 5.78 Å². The van der Waals surface area contributed by atoms with Crippen molar-refractivity contribution in [1.29, 1.82) is 0 Å². The summed E-state index contributed by atoms with van der Waals surface area (Å²) >= 11 is 0. The number of rotatable bonds is 2.